The summed E-state index contributed by atoms with van der Waals surface area (Å²) in [6.07, 6.45) is 0. The zero-order chi connectivity index (χ0) is 13.8. The van der Waals surface area contributed by atoms with Crippen LogP contribution in [-0.4, -0.2) is 0 Å². The maximum absolute atomic E-state index is 9.22. The lowest BCUT2D eigenvalue weighted by Crippen LogP contribution is -2.08. The average molecular weight is 315 g/mol. The van der Waals surface area contributed by atoms with Crippen molar-refractivity contribution in [3.8, 4) is 6.07 Å². The summed E-state index contributed by atoms with van der Waals surface area (Å²) >= 11 is 3.43. The minimum Gasteiger partial charge on any atom is -0.377 e. The molecule has 1 unspecified atom stereocenters. The minimum absolute atomic E-state index is 0.155. The molecule has 0 bridgehead atoms. The largest absolute Gasteiger partial charge is 0.377 e. The van der Waals surface area contributed by atoms with Crippen LogP contribution < -0.4 is 5.32 Å². The molecule has 2 rings (SSSR count). The molecule has 0 aromatic heterocycles. The number of nitrogens with zero attached hydrogens (tertiary/aromatic N) is 1. The van der Waals surface area contributed by atoms with E-state index in [-0.39, 0.29) is 6.04 Å². The van der Waals surface area contributed by atoms with Crippen molar-refractivity contribution in [1.29, 1.82) is 5.26 Å². The van der Waals surface area contributed by atoms with E-state index in [1.165, 1.54) is 5.56 Å². The lowest BCUT2D eigenvalue weighted by Gasteiger charge is -2.17. The minimum atomic E-state index is 0.155. The van der Waals surface area contributed by atoms with Crippen molar-refractivity contribution < 1.29 is 0 Å². The van der Waals surface area contributed by atoms with Gasteiger partial charge in [0.05, 0.1) is 11.3 Å². The Balaban J connectivity index is 2.24. The van der Waals surface area contributed by atoms with Crippen LogP contribution in [0.3, 0.4) is 0 Å². The number of nitriles is 1. The highest BCUT2D eigenvalue weighted by atomic mass is 79.9. The number of nitrogens with one attached hydrogen (secondary N) is 1. The molecule has 0 heterocycles. The molecule has 2 aromatic rings. The SMILES string of the molecule is Cc1cccc(NC(C)c2ccc(Br)cc2)c1C#N. The molecule has 0 spiro atoms. The topological polar surface area (TPSA) is 35.8 Å². The first-order chi connectivity index (χ1) is 9.11. The quantitative estimate of drug-likeness (QED) is 0.883. The van der Waals surface area contributed by atoms with E-state index in [2.05, 4.69) is 46.4 Å². The third-order valence-electron chi connectivity index (χ3n) is 3.13. The van der Waals surface area contributed by atoms with Gasteiger partial charge < -0.3 is 5.32 Å². The monoisotopic (exact) mass is 314 g/mol. The Kier molecular flexibility index (Phi) is 4.24. The van der Waals surface area contributed by atoms with Crippen molar-refractivity contribution in [2.75, 3.05) is 5.32 Å². The van der Waals surface area contributed by atoms with Crippen LogP contribution in [0.5, 0.6) is 0 Å². The van der Waals surface area contributed by atoms with Crippen LogP contribution in [0.2, 0.25) is 0 Å². The Labute approximate surface area is 122 Å². The van der Waals surface area contributed by atoms with Crippen LogP contribution in [0.1, 0.15) is 29.7 Å². The zero-order valence-corrected chi connectivity index (χ0v) is 12.5. The van der Waals surface area contributed by atoms with Crippen LogP contribution in [0.25, 0.3) is 0 Å². The summed E-state index contributed by atoms with van der Waals surface area (Å²) in [6.45, 7) is 4.04. The zero-order valence-electron chi connectivity index (χ0n) is 10.9. The van der Waals surface area contributed by atoms with E-state index >= 15 is 0 Å². The number of benzene rings is 2. The first-order valence-electron chi connectivity index (χ1n) is 6.13. The van der Waals surface area contributed by atoms with Crippen LogP contribution in [-0.2, 0) is 0 Å². The van der Waals surface area contributed by atoms with Crippen LogP contribution in [0.15, 0.2) is 46.9 Å². The van der Waals surface area contributed by atoms with E-state index < -0.39 is 0 Å². The van der Waals surface area contributed by atoms with Gasteiger partial charge in [-0.05, 0) is 43.2 Å². The maximum atomic E-state index is 9.22. The predicted octanol–water partition coefficient (Wildman–Crippen LogP) is 4.80. The molecule has 0 fully saturated rings. The van der Waals surface area contributed by atoms with Gasteiger partial charge in [-0.3, -0.25) is 0 Å². The van der Waals surface area contributed by atoms with Gasteiger partial charge in [0, 0.05) is 10.5 Å². The van der Waals surface area contributed by atoms with Gasteiger partial charge in [-0.2, -0.15) is 5.26 Å². The van der Waals surface area contributed by atoms with Crippen molar-refractivity contribution in [3.05, 3.63) is 63.6 Å². The second kappa shape index (κ2) is 5.90. The Morgan fingerprint density at radius 3 is 2.47 bits per heavy atom. The van der Waals surface area contributed by atoms with Gasteiger partial charge in [-0.1, -0.05) is 40.2 Å². The second-order valence-corrected chi connectivity index (χ2v) is 5.44. The standard InChI is InChI=1S/C16H15BrN2/c1-11-4-3-5-16(15(11)10-18)19-12(2)13-6-8-14(17)9-7-13/h3-9,12,19H,1-2H3. The van der Waals surface area contributed by atoms with Gasteiger partial charge in [-0.15, -0.1) is 0 Å². The van der Waals surface area contributed by atoms with Gasteiger partial charge >= 0.3 is 0 Å². The van der Waals surface area contributed by atoms with Gasteiger partial charge in [-0.25, -0.2) is 0 Å². The van der Waals surface area contributed by atoms with Gasteiger partial charge in [0.2, 0.25) is 0 Å². The smallest absolute Gasteiger partial charge is 0.102 e. The summed E-state index contributed by atoms with van der Waals surface area (Å²) in [5.74, 6) is 0. The fourth-order valence-corrected chi connectivity index (χ4v) is 2.27. The third kappa shape index (κ3) is 3.15. The van der Waals surface area contributed by atoms with E-state index in [0.29, 0.717) is 5.56 Å². The fraction of sp³-hybridized carbons (Fsp3) is 0.188. The number of rotatable bonds is 3. The van der Waals surface area contributed by atoms with E-state index in [9.17, 15) is 5.26 Å². The highest BCUT2D eigenvalue weighted by Crippen LogP contribution is 2.24. The highest BCUT2D eigenvalue weighted by molar-refractivity contribution is 9.10. The van der Waals surface area contributed by atoms with Crippen molar-refractivity contribution in [3.63, 3.8) is 0 Å². The van der Waals surface area contributed by atoms with Crippen LogP contribution >= 0.6 is 15.9 Å². The maximum Gasteiger partial charge on any atom is 0.102 e. The molecule has 0 saturated carbocycles. The van der Waals surface area contributed by atoms with Crippen molar-refractivity contribution in [2.45, 2.75) is 19.9 Å². The lowest BCUT2D eigenvalue weighted by molar-refractivity contribution is 0.883. The van der Waals surface area contributed by atoms with Gasteiger partial charge in [0.15, 0.2) is 0 Å². The Bertz CT molecular complexity index is 612. The highest BCUT2D eigenvalue weighted by Gasteiger charge is 2.09. The summed E-state index contributed by atoms with van der Waals surface area (Å²) < 4.78 is 1.07. The predicted molar refractivity (Wildman–Crippen MR) is 82.1 cm³/mol. The summed E-state index contributed by atoms with van der Waals surface area (Å²) in [7, 11) is 0. The van der Waals surface area contributed by atoms with E-state index in [1.807, 2.05) is 37.3 Å². The van der Waals surface area contributed by atoms with E-state index in [0.717, 1.165) is 15.7 Å². The molecule has 0 saturated heterocycles. The molecular formula is C16H15BrN2. The van der Waals surface area contributed by atoms with Crippen LogP contribution in [0, 0.1) is 18.3 Å². The molecule has 0 aliphatic carbocycles. The third-order valence-corrected chi connectivity index (χ3v) is 3.66. The van der Waals surface area contributed by atoms with Gasteiger partial charge in [0.1, 0.15) is 6.07 Å². The summed E-state index contributed by atoms with van der Waals surface area (Å²) in [5, 5.41) is 12.6. The fourth-order valence-electron chi connectivity index (χ4n) is 2.00. The molecule has 2 aromatic carbocycles. The van der Waals surface area contributed by atoms with Crippen molar-refractivity contribution in [2.24, 2.45) is 0 Å². The van der Waals surface area contributed by atoms with Crippen molar-refractivity contribution >= 4 is 21.6 Å². The summed E-state index contributed by atoms with van der Waals surface area (Å²) in [5.41, 5.74) is 3.79. The second-order valence-electron chi connectivity index (χ2n) is 4.53. The molecule has 0 aliphatic heterocycles. The molecule has 2 nitrogen and oxygen atoms in total. The normalized spacial score (nSPS) is 11.7. The molecule has 0 radical (unpaired) electrons. The Hall–Kier alpha value is -1.79. The molecule has 0 amide bonds. The van der Waals surface area contributed by atoms with Gasteiger partial charge in [0.25, 0.3) is 0 Å². The number of hydrogen-bond acceptors (Lipinski definition) is 2. The molecule has 96 valence electrons. The van der Waals surface area contributed by atoms with E-state index in [4.69, 9.17) is 0 Å². The van der Waals surface area contributed by atoms with E-state index in [1.54, 1.807) is 0 Å². The average Bonchev–Trinajstić information content (AvgIpc) is 2.39. The Morgan fingerprint density at radius 2 is 1.84 bits per heavy atom. The first kappa shape index (κ1) is 13.6. The van der Waals surface area contributed by atoms with Crippen molar-refractivity contribution in [1.82, 2.24) is 0 Å². The van der Waals surface area contributed by atoms with Crippen LogP contribution in [0.4, 0.5) is 5.69 Å². The first-order valence-corrected chi connectivity index (χ1v) is 6.93. The summed E-state index contributed by atoms with van der Waals surface area (Å²) in [6, 6.07) is 16.5. The Morgan fingerprint density at radius 1 is 1.16 bits per heavy atom. The molecule has 1 atom stereocenters. The number of aryl methyl sites for hydroxylation is 1. The molecule has 0 aliphatic rings. The lowest BCUT2D eigenvalue weighted by atomic mass is 10.0. The molecule has 1 N–H and O–H groups in total. The number of hydrogen-bond donors (Lipinski definition) is 1. The number of anilines is 1. The molecule has 19 heavy (non-hydrogen) atoms. The molecular weight excluding hydrogens is 300 g/mol. The molecule has 3 heteroatoms. The summed E-state index contributed by atoms with van der Waals surface area (Å²) in [4.78, 5) is 0. The number of halogens is 1.